The Hall–Kier alpha value is -2.83. The molecule has 3 fully saturated rings. The molecule has 2 bridgehead atoms. The van der Waals surface area contributed by atoms with Crippen molar-refractivity contribution in [2.45, 2.75) is 64.0 Å². The number of nitrogens with zero attached hydrogens (tertiary/aromatic N) is 4. The van der Waals surface area contributed by atoms with Gasteiger partial charge in [-0.15, -0.1) is 0 Å². The summed E-state index contributed by atoms with van der Waals surface area (Å²) in [6.45, 7) is 8.73. The second kappa shape index (κ2) is 11.5. The van der Waals surface area contributed by atoms with Gasteiger partial charge in [-0.2, -0.15) is 0 Å². The minimum atomic E-state index is 0.475. The fourth-order valence-corrected chi connectivity index (χ4v) is 6.03. The molecule has 3 aromatic rings. The van der Waals surface area contributed by atoms with Crippen molar-refractivity contribution in [2.24, 2.45) is 5.92 Å². The van der Waals surface area contributed by atoms with E-state index in [4.69, 9.17) is 14.7 Å². The van der Waals surface area contributed by atoms with Crippen molar-refractivity contribution < 1.29 is 4.74 Å². The molecule has 1 N–H and O–H groups in total. The van der Waals surface area contributed by atoms with Gasteiger partial charge in [-0.1, -0.05) is 26.0 Å². The summed E-state index contributed by atoms with van der Waals surface area (Å²) in [7, 11) is 1.71. The van der Waals surface area contributed by atoms with E-state index in [1.807, 2.05) is 36.7 Å². The highest BCUT2D eigenvalue weighted by molar-refractivity contribution is 5.54. The van der Waals surface area contributed by atoms with Crippen LogP contribution in [0.1, 0.15) is 68.3 Å². The van der Waals surface area contributed by atoms with E-state index in [1.54, 1.807) is 7.11 Å². The second-order valence-corrected chi connectivity index (χ2v) is 10.3. The fraction of sp³-hybridized carbons (Fsp3) is 0.500. The highest BCUT2D eigenvalue weighted by Gasteiger charge is 2.41. The minimum absolute atomic E-state index is 0.475. The number of methoxy groups -OCH3 is 1. The van der Waals surface area contributed by atoms with E-state index in [0.717, 1.165) is 49.6 Å². The molecule has 5 heterocycles. The van der Waals surface area contributed by atoms with Crippen LogP contribution in [0.4, 0.5) is 0 Å². The summed E-state index contributed by atoms with van der Waals surface area (Å²) < 4.78 is 5.28. The molecule has 0 spiro atoms. The van der Waals surface area contributed by atoms with Crippen LogP contribution in [0.25, 0.3) is 11.4 Å². The van der Waals surface area contributed by atoms with Crippen LogP contribution in [-0.2, 0) is 6.54 Å². The number of fused-ring (bicyclic) bond motifs is 3. The third-order valence-corrected chi connectivity index (χ3v) is 8.23. The Bertz CT molecular complexity index is 1120. The molecule has 6 nitrogen and oxygen atoms in total. The van der Waals surface area contributed by atoms with Gasteiger partial charge in [-0.05, 0) is 74.0 Å². The molecule has 4 unspecified atom stereocenters. The van der Waals surface area contributed by atoms with Crippen molar-refractivity contribution in [3.63, 3.8) is 0 Å². The van der Waals surface area contributed by atoms with E-state index < -0.39 is 0 Å². The van der Waals surface area contributed by atoms with Crippen molar-refractivity contribution in [3.8, 4) is 17.1 Å². The fourth-order valence-electron chi connectivity index (χ4n) is 6.03. The summed E-state index contributed by atoms with van der Waals surface area (Å²) in [5.41, 5.74) is 4.79. The molecule has 0 aliphatic carbocycles. The Morgan fingerprint density at radius 2 is 1.83 bits per heavy atom. The molecule has 0 amide bonds. The Morgan fingerprint density at radius 1 is 1.06 bits per heavy atom. The van der Waals surface area contributed by atoms with E-state index in [9.17, 15) is 0 Å². The molecule has 3 saturated heterocycles. The standard InChI is InChI=1S/C30H39N5O/c1-4-22(5-2)28-17-29(34-30(33-28)23-10-13-31-14-11-23)27-20-35-15-12-24(27)16-25(35)19-32-18-21-6-8-26(36-3)9-7-21/h6-11,13-14,17,22,24-25,27,32H,4-5,12,15-16,18-20H2,1-3H3. The molecule has 6 heteroatoms. The van der Waals surface area contributed by atoms with Gasteiger partial charge < -0.3 is 10.1 Å². The molecule has 2 aromatic heterocycles. The van der Waals surface area contributed by atoms with E-state index in [1.165, 1.54) is 36.3 Å². The van der Waals surface area contributed by atoms with E-state index in [0.29, 0.717) is 23.8 Å². The molecule has 3 aliphatic rings. The maximum absolute atomic E-state index is 5.28. The smallest absolute Gasteiger partial charge is 0.159 e. The zero-order valence-corrected chi connectivity index (χ0v) is 21.9. The number of aromatic nitrogens is 3. The van der Waals surface area contributed by atoms with Crippen molar-refractivity contribution in [3.05, 3.63) is 71.8 Å². The average molecular weight is 486 g/mol. The van der Waals surface area contributed by atoms with Gasteiger partial charge in [-0.3, -0.25) is 9.88 Å². The van der Waals surface area contributed by atoms with Crippen LogP contribution < -0.4 is 10.1 Å². The number of ether oxygens (including phenoxy) is 1. The lowest BCUT2D eigenvalue weighted by atomic mass is 9.74. The van der Waals surface area contributed by atoms with Crippen molar-refractivity contribution in [2.75, 3.05) is 26.7 Å². The van der Waals surface area contributed by atoms with Crippen LogP contribution in [0.3, 0.4) is 0 Å². The van der Waals surface area contributed by atoms with Crippen LogP contribution in [0, 0.1) is 5.92 Å². The lowest BCUT2D eigenvalue weighted by Gasteiger charge is -2.50. The maximum Gasteiger partial charge on any atom is 0.159 e. The van der Waals surface area contributed by atoms with Gasteiger partial charge in [0.15, 0.2) is 5.82 Å². The Labute approximate surface area is 215 Å². The molecule has 0 saturated carbocycles. The van der Waals surface area contributed by atoms with Gasteiger partial charge in [0.05, 0.1) is 7.11 Å². The van der Waals surface area contributed by atoms with E-state index >= 15 is 0 Å². The first-order valence-electron chi connectivity index (χ1n) is 13.5. The third-order valence-electron chi connectivity index (χ3n) is 8.23. The van der Waals surface area contributed by atoms with Gasteiger partial charge in [0, 0.05) is 66.9 Å². The summed E-state index contributed by atoms with van der Waals surface area (Å²) in [6.07, 6.45) is 8.36. The van der Waals surface area contributed by atoms with Crippen LogP contribution in [-0.4, -0.2) is 52.6 Å². The minimum Gasteiger partial charge on any atom is -0.497 e. The average Bonchev–Trinajstić information content (AvgIpc) is 2.95. The van der Waals surface area contributed by atoms with Crippen molar-refractivity contribution in [1.29, 1.82) is 0 Å². The predicted molar refractivity (Wildman–Crippen MR) is 144 cm³/mol. The van der Waals surface area contributed by atoms with Gasteiger partial charge >= 0.3 is 0 Å². The Balaban J connectivity index is 1.29. The lowest BCUT2D eigenvalue weighted by molar-refractivity contribution is 0.0292. The number of nitrogens with one attached hydrogen (secondary N) is 1. The topological polar surface area (TPSA) is 63.2 Å². The number of hydrogen-bond acceptors (Lipinski definition) is 6. The summed E-state index contributed by atoms with van der Waals surface area (Å²) in [5.74, 6) is 3.39. The molecule has 4 atom stereocenters. The highest BCUT2D eigenvalue weighted by atomic mass is 16.5. The zero-order valence-electron chi connectivity index (χ0n) is 21.9. The van der Waals surface area contributed by atoms with Crippen molar-refractivity contribution in [1.82, 2.24) is 25.2 Å². The third kappa shape index (κ3) is 5.45. The Morgan fingerprint density at radius 3 is 2.50 bits per heavy atom. The predicted octanol–water partition coefficient (Wildman–Crippen LogP) is 5.42. The number of pyridine rings is 1. The second-order valence-electron chi connectivity index (χ2n) is 10.3. The van der Waals surface area contributed by atoms with Crippen molar-refractivity contribution >= 4 is 0 Å². The van der Waals surface area contributed by atoms with Crippen LogP contribution in [0.15, 0.2) is 54.9 Å². The molecule has 0 radical (unpaired) electrons. The van der Waals surface area contributed by atoms with Gasteiger partial charge in [0.2, 0.25) is 0 Å². The SMILES string of the molecule is CCC(CC)c1cc(C2CN3CCC2CC3CNCc2ccc(OC)cc2)nc(-c2ccncc2)n1. The van der Waals surface area contributed by atoms with Crippen LogP contribution >= 0.6 is 0 Å². The lowest BCUT2D eigenvalue weighted by Crippen LogP contribution is -2.55. The van der Waals surface area contributed by atoms with Gasteiger partial charge in [0.25, 0.3) is 0 Å². The summed E-state index contributed by atoms with van der Waals surface area (Å²) in [5, 5.41) is 3.70. The quantitative estimate of drug-likeness (QED) is 0.414. The van der Waals surface area contributed by atoms with Crippen LogP contribution in [0.5, 0.6) is 5.75 Å². The van der Waals surface area contributed by atoms with E-state index in [-0.39, 0.29) is 0 Å². The van der Waals surface area contributed by atoms with E-state index in [2.05, 4.69) is 47.2 Å². The molecular weight excluding hydrogens is 446 g/mol. The number of rotatable bonds is 10. The molecular formula is C30H39N5O. The van der Waals surface area contributed by atoms with Crippen LogP contribution in [0.2, 0.25) is 0 Å². The molecule has 6 rings (SSSR count). The maximum atomic E-state index is 5.28. The number of hydrogen-bond donors (Lipinski definition) is 1. The highest BCUT2D eigenvalue weighted by Crippen LogP contribution is 2.42. The molecule has 1 aromatic carbocycles. The molecule has 36 heavy (non-hydrogen) atoms. The van der Waals surface area contributed by atoms with Gasteiger partial charge in [-0.25, -0.2) is 9.97 Å². The van der Waals surface area contributed by atoms with Gasteiger partial charge in [0.1, 0.15) is 5.75 Å². The number of benzene rings is 1. The summed E-state index contributed by atoms with van der Waals surface area (Å²) in [4.78, 5) is 17.1. The zero-order chi connectivity index (χ0) is 24.9. The summed E-state index contributed by atoms with van der Waals surface area (Å²) >= 11 is 0. The molecule has 3 aliphatic heterocycles. The first-order valence-corrected chi connectivity index (χ1v) is 13.5. The monoisotopic (exact) mass is 485 g/mol. The molecule has 190 valence electrons. The normalized spacial score (nSPS) is 23.2. The Kier molecular flexibility index (Phi) is 7.93. The largest absolute Gasteiger partial charge is 0.497 e. The first-order chi connectivity index (χ1) is 17.7. The summed E-state index contributed by atoms with van der Waals surface area (Å²) in [6, 6.07) is 15.3. The number of piperidine rings is 3. The first kappa shape index (κ1) is 24.8.